The first-order valence-corrected chi connectivity index (χ1v) is 7.04. The molecule has 1 aliphatic rings. The van der Waals surface area contributed by atoms with E-state index in [1.54, 1.807) is 4.90 Å². The summed E-state index contributed by atoms with van der Waals surface area (Å²) in [6.45, 7) is 10.7. The van der Waals surface area contributed by atoms with Crippen molar-refractivity contribution in [1.29, 1.82) is 0 Å². The Kier molecular flexibility index (Phi) is 3.84. The Morgan fingerprint density at radius 2 is 1.85 bits per heavy atom. The van der Waals surface area contributed by atoms with Crippen LogP contribution in [0.15, 0.2) is 12.1 Å². The predicted molar refractivity (Wildman–Crippen MR) is 80.1 cm³/mol. The third-order valence-electron chi connectivity index (χ3n) is 3.88. The highest BCUT2D eigenvalue weighted by Crippen LogP contribution is 2.29. The van der Waals surface area contributed by atoms with Crippen LogP contribution in [0.4, 0.5) is 10.5 Å². The summed E-state index contributed by atoms with van der Waals surface area (Å²) in [5.41, 5.74) is 4.44. The van der Waals surface area contributed by atoms with Crippen molar-refractivity contribution in [2.24, 2.45) is 5.92 Å². The molecule has 1 heterocycles. The molecule has 20 heavy (non-hydrogen) atoms. The minimum Gasteiger partial charge on any atom is -0.293 e. The van der Waals surface area contributed by atoms with Gasteiger partial charge in [-0.05, 0) is 42.5 Å². The molecule has 3 amide bonds. The van der Waals surface area contributed by atoms with Crippen LogP contribution in [0.2, 0.25) is 0 Å². The normalized spacial score (nSPS) is 19.5. The molecular formula is C16H22N2O2. The Morgan fingerprint density at radius 3 is 2.45 bits per heavy atom. The van der Waals surface area contributed by atoms with E-state index in [1.807, 2.05) is 19.9 Å². The summed E-state index contributed by atoms with van der Waals surface area (Å²) in [5.74, 6) is 0.0787. The van der Waals surface area contributed by atoms with E-state index in [2.05, 4.69) is 32.2 Å². The maximum absolute atomic E-state index is 12.0. The van der Waals surface area contributed by atoms with Crippen LogP contribution in [0, 0.1) is 19.8 Å². The van der Waals surface area contributed by atoms with Gasteiger partial charge in [-0.15, -0.1) is 0 Å². The summed E-state index contributed by atoms with van der Waals surface area (Å²) in [6.07, 6.45) is 0. The monoisotopic (exact) mass is 274 g/mol. The van der Waals surface area contributed by atoms with Crippen molar-refractivity contribution >= 4 is 17.6 Å². The van der Waals surface area contributed by atoms with Gasteiger partial charge in [0.25, 0.3) is 0 Å². The fraction of sp³-hybridized carbons (Fsp3) is 0.500. The standard InChI is InChI=1S/C16H22N2O2/c1-9(2)13-6-11(4)14(7-10(13)3)18-8-12(5)15(19)17-16(18)20/h6-7,9,12H,8H2,1-5H3,(H,17,19,20)/t12-/m0/s1. The van der Waals surface area contributed by atoms with E-state index in [9.17, 15) is 9.59 Å². The summed E-state index contributed by atoms with van der Waals surface area (Å²) < 4.78 is 0. The maximum atomic E-state index is 12.0. The van der Waals surface area contributed by atoms with Gasteiger partial charge in [0.2, 0.25) is 5.91 Å². The second-order valence-corrected chi connectivity index (χ2v) is 5.96. The van der Waals surface area contributed by atoms with Crippen molar-refractivity contribution in [2.75, 3.05) is 11.4 Å². The summed E-state index contributed by atoms with van der Waals surface area (Å²) in [7, 11) is 0. The molecule has 0 aromatic heterocycles. The summed E-state index contributed by atoms with van der Waals surface area (Å²) >= 11 is 0. The molecule has 4 nitrogen and oxygen atoms in total. The highest BCUT2D eigenvalue weighted by atomic mass is 16.2. The van der Waals surface area contributed by atoms with Gasteiger partial charge in [-0.3, -0.25) is 15.0 Å². The fourth-order valence-corrected chi connectivity index (χ4v) is 2.68. The molecule has 1 fully saturated rings. The second kappa shape index (κ2) is 5.27. The van der Waals surface area contributed by atoms with E-state index in [4.69, 9.17) is 0 Å². The first kappa shape index (κ1) is 14.6. The number of amides is 3. The Morgan fingerprint density at radius 1 is 1.20 bits per heavy atom. The van der Waals surface area contributed by atoms with Crippen molar-refractivity contribution in [1.82, 2.24) is 5.32 Å². The van der Waals surface area contributed by atoms with Crippen LogP contribution in [0.5, 0.6) is 0 Å². The number of benzene rings is 1. The van der Waals surface area contributed by atoms with Crippen molar-refractivity contribution < 1.29 is 9.59 Å². The zero-order valence-electron chi connectivity index (χ0n) is 12.8. The van der Waals surface area contributed by atoms with Crippen molar-refractivity contribution in [2.45, 2.75) is 40.5 Å². The highest BCUT2D eigenvalue weighted by Gasteiger charge is 2.31. The number of imide groups is 1. The largest absolute Gasteiger partial charge is 0.328 e. The Labute approximate surface area is 120 Å². The predicted octanol–water partition coefficient (Wildman–Crippen LogP) is 3.12. The lowest BCUT2D eigenvalue weighted by atomic mass is 9.94. The molecule has 0 unspecified atom stereocenters. The van der Waals surface area contributed by atoms with E-state index < -0.39 is 0 Å². The van der Waals surface area contributed by atoms with Gasteiger partial charge in [0.1, 0.15) is 0 Å². The van der Waals surface area contributed by atoms with Crippen molar-refractivity contribution in [3.63, 3.8) is 0 Å². The van der Waals surface area contributed by atoms with Gasteiger partial charge in [-0.2, -0.15) is 0 Å². The molecule has 1 atom stereocenters. The van der Waals surface area contributed by atoms with Crippen LogP contribution < -0.4 is 10.2 Å². The van der Waals surface area contributed by atoms with Gasteiger partial charge in [0.15, 0.2) is 0 Å². The molecule has 1 saturated heterocycles. The molecule has 0 spiro atoms. The van der Waals surface area contributed by atoms with Crippen LogP contribution in [0.25, 0.3) is 0 Å². The molecule has 1 aromatic carbocycles. The molecule has 108 valence electrons. The Bertz CT molecular complexity index is 564. The average molecular weight is 274 g/mol. The second-order valence-electron chi connectivity index (χ2n) is 5.96. The third kappa shape index (κ3) is 2.55. The van der Waals surface area contributed by atoms with Gasteiger partial charge < -0.3 is 0 Å². The first-order valence-electron chi connectivity index (χ1n) is 7.04. The van der Waals surface area contributed by atoms with Crippen LogP contribution in [0.1, 0.15) is 43.4 Å². The van der Waals surface area contributed by atoms with E-state index in [-0.39, 0.29) is 17.9 Å². The summed E-state index contributed by atoms with van der Waals surface area (Å²) in [4.78, 5) is 25.2. The van der Waals surface area contributed by atoms with Crippen molar-refractivity contribution in [3.05, 3.63) is 28.8 Å². The molecule has 2 rings (SSSR count). The fourth-order valence-electron chi connectivity index (χ4n) is 2.68. The van der Waals surface area contributed by atoms with Crippen molar-refractivity contribution in [3.8, 4) is 0 Å². The molecule has 1 aromatic rings. The van der Waals surface area contributed by atoms with Gasteiger partial charge in [-0.1, -0.05) is 26.8 Å². The zero-order chi connectivity index (χ0) is 15.0. The lowest BCUT2D eigenvalue weighted by Crippen LogP contribution is -2.54. The lowest BCUT2D eigenvalue weighted by Gasteiger charge is -2.32. The first-order chi connectivity index (χ1) is 9.31. The molecular weight excluding hydrogens is 252 g/mol. The maximum Gasteiger partial charge on any atom is 0.328 e. The number of carbonyl (C=O) groups is 2. The van der Waals surface area contributed by atoms with Crippen LogP contribution in [-0.2, 0) is 4.79 Å². The minimum absolute atomic E-state index is 0.183. The van der Waals surface area contributed by atoms with Crippen LogP contribution in [-0.4, -0.2) is 18.5 Å². The number of hydrogen-bond donors (Lipinski definition) is 1. The molecule has 1 aliphatic heterocycles. The van der Waals surface area contributed by atoms with E-state index in [0.717, 1.165) is 11.3 Å². The number of anilines is 1. The highest BCUT2D eigenvalue weighted by molar-refractivity contribution is 6.06. The minimum atomic E-state index is -0.326. The number of rotatable bonds is 2. The Hall–Kier alpha value is -1.84. The summed E-state index contributed by atoms with van der Waals surface area (Å²) in [5, 5.41) is 2.41. The number of carbonyl (C=O) groups excluding carboxylic acids is 2. The third-order valence-corrected chi connectivity index (χ3v) is 3.88. The molecule has 4 heteroatoms. The number of urea groups is 1. The van der Waals surface area contributed by atoms with Gasteiger partial charge in [0, 0.05) is 12.2 Å². The van der Waals surface area contributed by atoms with Gasteiger partial charge >= 0.3 is 6.03 Å². The zero-order valence-corrected chi connectivity index (χ0v) is 12.8. The molecule has 1 N–H and O–H groups in total. The number of hydrogen-bond acceptors (Lipinski definition) is 2. The Balaban J connectivity index is 2.40. The SMILES string of the molecule is Cc1cc(N2C[C@H](C)C(=O)NC2=O)c(C)cc1C(C)C. The topological polar surface area (TPSA) is 49.4 Å². The van der Waals surface area contributed by atoms with Gasteiger partial charge in [0.05, 0.1) is 5.92 Å². The van der Waals surface area contributed by atoms with E-state index in [0.29, 0.717) is 12.5 Å². The number of aryl methyl sites for hydroxylation is 2. The number of nitrogens with one attached hydrogen (secondary N) is 1. The van der Waals surface area contributed by atoms with E-state index >= 15 is 0 Å². The molecule has 0 radical (unpaired) electrons. The van der Waals surface area contributed by atoms with Crippen LogP contribution in [0.3, 0.4) is 0 Å². The molecule has 0 saturated carbocycles. The lowest BCUT2D eigenvalue weighted by molar-refractivity contribution is -0.123. The van der Waals surface area contributed by atoms with Gasteiger partial charge in [-0.25, -0.2) is 4.79 Å². The smallest absolute Gasteiger partial charge is 0.293 e. The molecule has 0 aliphatic carbocycles. The summed E-state index contributed by atoms with van der Waals surface area (Å²) in [6, 6.07) is 3.86. The average Bonchev–Trinajstić information content (AvgIpc) is 2.36. The molecule has 0 bridgehead atoms. The van der Waals surface area contributed by atoms with E-state index in [1.165, 1.54) is 11.1 Å². The quantitative estimate of drug-likeness (QED) is 0.900. The number of nitrogens with zero attached hydrogens (tertiary/aromatic N) is 1. The van der Waals surface area contributed by atoms with Crippen LogP contribution >= 0.6 is 0 Å².